The number of nitrogens with zero attached hydrogens (tertiary/aromatic N) is 6. The van der Waals surface area contributed by atoms with E-state index >= 15 is 0 Å². The summed E-state index contributed by atoms with van der Waals surface area (Å²) in [6.45, 7) is 4.61. The summed E-state index contributed by atoms with van der Waals surface area (Å²) in [5.41, 5.74) is 0. The Morgan fingerprint density at radius 3 is 2.84 bits per heavy atom. The molecule has 1 saturated heterocycles. The Morgan fingerprint density at radius 2 is 2.16 bits per heavy atom. The molecule has 0 spiro atoms. The first-order chi connectivity index (χ1) is 12.2. The first-order valence-corrected chi connectivity index (χ1v) is 8.06. The van der Waals surface area contributed by atoms with Gasteiger partial charge >= 0.3 is 6.01 Å². The van der Waals surface area contributed by atoms with Crippen LogP contribution in [0.25, 0.3) is 0 Å². The molecule has 0 saturated carbocycles. The molecular formula is C15H21N7O3. The molecule has 25 heavy (non-hydrogen) atoms. The highest BCUT2D eigenvalue weighted by Gasteiger charge is 2.18. The molecule has 0 bridgehead atoms. The summed E-state index contributed by atoms with van der Waals surface area (Å²) in [7, 11) is 1.50. The second kappa shape index (κ2) is 7.88. The quantitative estimate of drug-likeness (QED) is 0.765. The van der Waals surface area contributed by atoms with E-state index in [1.165, 1.54) is 7.11 Å². The van der Waals surface area contributed by atoms with Gasteiger partial charge in [0, 0.05) is 25.5 Å². The van der Waals surface area contributed by atoms with E-state index in [0.717, 1.165) is 0 Å². The van der Waals surface area contributed by atoms with E-state index in [1.807, 2.05) is 4.90 Å². The number of amides is 1. The Balaban J connectivity index is 1.67. The van der Waals surface area contributed by atoms with Gasteiger partial charge < -0.3 is 19.7 Å². The molecule has 1 atom stereocenters. The molecule has 2 aromatic rings. The maximum absolute atomic E-state index is 12.3. The summed E-state index contributed by atoms with van der Waals surface area (Å²) in [6, 6.07) is 1.58. The number of rotatable bonds is 6. The second-order valence-electron chi connectivity index (χ2n) is 5.52. The summed E-state index contributed by atoms with van der Waals surface area (Å²) in [4.78, 5) is 27.2. The number of nitrogens with one attached hydrogen (secondary N) is 1. The zero-order valence-corrected chi connectivity index (χ0v) is 14.3. The fraction of sp³-hybridized carbons (Fsp3) is 0.533. The lowest BCUT2D eigenvalue weighted by atomic mass is 10.3. The molecule has 1 aliphatic rings. The van der Waals surface area contributed by atoms with Crippen LogP contribution < -0.4 is 15.0 Å². The molecule has 1 fully saturated rings. The van der Waals surface area contributed by atoms with Crippen molar-refractivity contribution < 1.29 is 14.3 Å². The summed E-state index contributed by atoms with van der Waals surface area (Å²) in [5, 5.41) is 6.89. The molecule has 0 unspecified atom stereocenters. The van der Waals surface area contributed by atoms with Crippen LogP contribution in [0.15, 0.2) is 18.5 Å². The number of morpholine rings is 1. The van der Waals surface area contributed by atoms with Gasteiger partial charge in [0.05, 0.1) is 26.9 Å². The fourth-order valence-corrected chi connectivity index (χ4v) is 2.41. The molecule has 2 aromatic heterocycles. The van der Waals surface area contributed by atoms with Gasteiger partial charge in [0.1, 0.15) is 6.04 Å². The molecule has 1 amide bonds. The lowest BCUT2D eigenvalue weighted by Gasteiger charge is -2.26. The highest BCUT2D eigenvalue weighted by Crippen LogP contribution is 2.14. The van der Waals surface area contributed by atoms with Gasteiger partial charge in [-0.05, 0) is 13.0 Å². The van der Waals surface area contributed by atoms with Crippen LogP contribution in [0.1, 0.15) is 18.8 Å². The van der Waals surface area contributed by atoms with Crippen molar-refractivity contribution in [1.29, 1.82) is 0 Å². The molecule has 1 aliphatic heterocycles. The van der Waals surface area contributed by atoms with Gasteiger partial charge in [-0.15, -0.1) is 0 Å². The third-order valence-electron chi connectivity index (χ3n) is 3.85. The molecule has 1 N–H and O–H groups in total. The predicted octanol–water partition coefficient (Wildman–Crippen LogP) is -0.209. The molecule has 0 aliphatic carbocycles. The van der Waals surface area contributed by atoms with Gasteiger partial charge in [-0.3, -0.25) is 9.48 Å². The van der Waals surface area contributed by atoms with Crippen molar-refractivity contribution in [2.24, 2.45) is 0 Å². The van der Waals surface area contributed by atoms with E-state index in [4.69, 9.17) is 9.47 Å². The Labute approximate surface area is 145 Å². The van der Waals surface area contributed by atoms with Crippen LogP contribution in [-0.2, 0) is 16.1 Å². The summed E-state index contributed by atoms with van der Waals surface area (Å²) < 4.78 is 12.1. The SMILES string of the molecule is COc1nc(CNC(=O)[C@@H](C)n2cccn2)nc(N2CCOCC2)n1. The molecule has 10 nitrogen and oxygen atoms in total. The van der Waals surface area contributed by atoms with Crippen molar-refractivity contribution in [3.63, 3.8) is 0 Å². The monoisotopic (exact) mass is 347 g/mol. The number of aromatic nitrogens is 5. The van der Waals surface area contributed by atoms with Gasteiger partial charge in [0.2, 0.25) is 11.9 Å². The number of ether oxygens (including phenoxy) is 2. The number of carbonyl (C=O) groups is 1. The van der Waals surface area contributed by atoms with Gasteiger partial charge in [0.15, 0.2) is 5.82 Å². The van der Waals surface area contributed by atoms with E-state index < -0.39 is 6.04 Å². The standard InChI is InChI=1S/C15H21N7O3/c1-11(22-5-3-4-17-22)13(23)16-10-12-18-14(20-15(19-12)24-2)21-6-8-25-9-7-21/h3-5,11H,6-10H2,1-2H3,(H,16,23)/t11-/m1/s1. The first-order valence-electron chi connectivity index (χ1n) is 8.06. The smallest absolute Gasteiger partial charge is 0.321 e. The average molecular weight is 347 g/mol. The number of anilines is 1. The van der Waals surface area contributed by atoms with E-state index in [9.17, 15) is 4.79 Å². The third kappa shape index (κ3) is 4.21. The molecular weight excluding hydrogens is 326 g/mol. The average Bonchev–Trinajstić information content (AvgIpc) is 3.20. The minimum absolute atomic E-state index is 0.170. The van der Waals surface area contributed by atoms with E-state index in [0.29, 0.717) is 38.1 Å². The zero-order chi connectivity index (χ0) is 17.6. The maximum atomic E-state index is 12.3. The lowest BCUT2D eigenvalue weighted by molar-refractivity contribution is -0.124. The minimum Gasteiger partial charge on any atom is -0.467 e. The van der Waals surface area contributed by atoms with E-state index in [-0.39, 0.29) is 18.5 Å². The highest BCUT2D eigenvalue weighted by molar-refractivity contribution is 5.79. The number of hydrogen-bond donors (Lipinski definition) is 1. The third-order valence-corrected chi connectivity index (χ3v) is 3.85. The fourth-order valence-electron chi connectivity index (χ4n) is 2.41. The zero-order valence-electron chi connectivity index (χ0n) is 14.3. The predicted molar refractivity (Wildman–Crippen MR) is 88.2 cm³/mol. The molecule has 0 aromatic carbocycles. The molecule has 134 valence electrons. The largest absolute Gasteiger partial charge is 0.467 e. The van der Waals surface area contributed by atoms with Crippen molar-refractivity contribution >= 4 is 11.9 Å². The molecule has 3 heterocycles. The molecule has 0 radical (unpaired) electrons. The van der Waals surface area contributed by atoms with E-state index in [1.54, 1.807) is 30.1 Å². The maximum Gasteiger partial charge on any atom is 0.321 e. The van der Waals surface area contributed by atoms with Crippen LogP contribution in [-0.4, -0.2) is 64.1 Å². The topological polar surface area (TPSA) is 107 Å². The molecule has 10 heteroatoms. The van der Waals surface area contributed by atoms with Crippen LogP contribution >= 0.6 is 0 Å². The van der Waals surface area contributed by atoms with Crippen molar-refractivity contribution in [1.82, 2.24) is 30.0 Å². The highest BCUT2D eigenvalue weighted by atomic mass is 16.5. The minimum atomic E-state index is -0.419. The van der Waals surface area contributed by atoms with Crippen molar-refractivity contribution in [3.05, 3.63) is 24.3 Å². The Morgan fingerprint density at radius 1 is 1.36 bits per heavy atom. The summed E-state index contributed by atoms with van der Waals surface area (Å²) in [5.74, 6) is 0.796. The van der Waals surface area contributed by atoms with Crippen molar-refractivity contribution in [2.45, 2.75) is 19.5 Å². The Hall–Kier alpha value is -2.75. The van der Waals surface area contributed by atoms with Crippen molar-refractivity contribution in [2.75, 3.05) is 38.3 Å². The normalized spacial score (nSPS) is 15.7. The van der Waals surface area contributed by atoms with Gasteiger partial charge in [-0.2, -0.15) is 20.1 Å². The van der Waals surface area contributed by atoms with Crippen LogP contribution in [0, 0.1) is 0 Å². The van der Waals surface area contributed by atoms with Crippen LogP contribution in [0.3, 0.4) is 0 Å². The number of hydrogen-bond acceptors (Lipinski definition) is 8. The van der Waals surface area contributed by atoms with Crippen LogP contribution in [0.5, 0.6) is 6.01 Å². The Bertz CT molecular complexity index is 701. The summed E-state index contributed by atoms with van der Waals surface area (Å²) in [6.07, 6.45) is 3.38. The summed E-state index contributed by atoms with van der Waals surface area (Å²) >= 11 is 0. The van der Waals surface area contributed by atoms with Gasteiger partial charge in [0.25, 0.3) is 0 Å². The second-order valence-corrected chi connectivity index (χ2v) is 5.52. The Kier molecular flexibility index (Phi) is 5.39. The lowest BCUT2D eigenvalue weighted by Crippen LogP contribution is -2.38. The van der Waals surface area contributed by atoms with Gasteiger partial charge in [-0.1, -0.05) is 0 Å². The first kappa shape index (κ1) is 17.1. The van der Waals surface area contributed by atoms with Crippen molar-refractivity contribution in [3.8, 4) is 6.01 Å². The van der Waals surface area contributed by atoms with Gasteiger partial charge in [-0.25, -0.2) is 0 Å². The number of carbonyl (C=O) groups excluding carboxylic acids is 1. The van der Waals surface area contributed by atoms with Crippen LogP contribution in [0.2, 0.25) is 0 Å². The number of methoxy groups -OCH3 is 1. The van der Waals surface area contributed by atoms with Crippen LogP contribution in [0.4, 0.5) is 5.95 Å². The van der Waals surface area contributed by atoms with E-state index in [2.05, 4.69) is 25.4 Å². The molecule has 3 rings (SSSR count).